The summed E-state index contributed by atoms with van der Waals surface area (Å²) in [7, 11) is 0. The van der Waals surface area contributed by atoms with Crippen molar-refractivity contribution in [2.75, 3.05) is 5.32 Å². The van der Waals surface area contributed by atoms with Crippen LogP contribution < -0.4 is 10.1 Å². The summed E-state index contributed by atoms with van der Waals surface area (Å²) in [5, 5.41) is 11.8. The van der Waals surface area contributed by atoms with Crippen LogP contribution in [0, 0.1) is 11.7 Å². The lowest BCUT2D eigenvalue weighted by Crippen LogP contribution is -2.24. The summed E-state index contributed by atoms with van der Waals surface area (Å²) >= 11 is 1.25. The SMILES string of the molecule is O=C(Nc1nnc(COc2ccccc2F)s1)C1CCCCC1. The highest BCUT2D eigenvalue weighted by atomic mass is 32.1. The Kier molecular flexibility index (Phi) is 5.17. The predicted molar refractivity (Wildman–Crippen MR) is 85.8 cm³/mol. The fraction of sp³-hybridized carbons (Fsp3) is 0.438. The number of anilines is 1. The number of nitrogens with one attached hydrogen (secondary N) is 1. The van der Waals surface area contributed by atoms with Gasteiger partial charge < -0.3 is 10.1 Å². The molecule has 1 amide bonds. The molecule has 0 spiro atoms. The third kappa shape index (κ3) is 4.25. The molecule has 3 rings (SSSR count). The molecule has 2 aromatic rings. The molecule has 0 atom stereocenters. The number of amides is 1. The maximum Gasteiger partial charge on any atom is 0.229 e. The Hall–Kier alpha value is -2.02. The molecule has 1 saturated carbocycles. The highest BCUT2D eigenvalue weighted by Crippen LogP contribution is 2.26. The normalized spacial score (nSPS) is 15.3. The molecule has 1 fully saturated rings. The summed E-state index contributed by atoms with van der Waals surface area (Å²) in [4.78, 5) is 12.1. The zero-order valence-corrected chi connectivity index (χ0v) is 13.4. The van der Waals surface area contributed by atoms with Crippen LogP contribution in [0.4, 0.5) is 9.52 Å². The number of hydrogen-bond donors (Lipinski definition) is 1. The number of halogens is 1. The number of nitrogens with zero attached hydrogens (tertiary/aromatic N) is 2. The van der Waals surface area contributed by atoms with Crippen molar-refractivity contribution in [1.82, 2.24) is 10.2 Å². The molecule has 23 heavy (non-hydrogen) atoms. The number of ether oxygens (including phenoxy) is 1. The van der Waals surface area contributed by atoms with Gasteiger partial charge in [-0.25, -0.2) is 4.39 Å². The lowest BCUT2D eigenvalue weighted by molar-refractivity contribution is -0.120. The first-order chi connectivity index (χ1) is 11.2. The number of hydrogen-bond acceptors (Lipinski definition) is 5. The monoisotopic (exact) mass is 335 g/mol. The van der Waals surface area contributed by atoms with E-state index in [9.17, 15) is 9.18 Å². The Morgan fingerprint density at radius 1 is 1.26 bits per heavy atom. The zero-order chi connectivity index (χ0) is 16.1. The summed E-state index contributed by atoms with van der Waals surface area (Å²) < 4.78 is 18.8. The summed E-state index contributed by atoms with van der Waals surface area (Å²) in [6.45, 7) is 0.123. The van der Waals surface area contributed by atoms with Gasteiger partial charge in [0.15, 0.2) is 16.6 Å². The summed E-state index contributed by atoms with van der Waals surface area (Å²) in [5.41, 5.74) is 0. The van der Waals surface area contributed by atoms with Crippen LogP contribution in [0.5, 0.6) is 5.75 Å². The van der Waals surface area contributed by atoms with Gasteiger partial charge in [-0.05, 0) is 25.0 Å². The molecule has 5 nitrogen and oxygen atoms in total. The van der Waals surface area contributed by atoms with Gasteiger partial charge in [-0.15, -0.1) is 10.2 Å². The smallest absolute Gasteiger partial charge is 0.229 e. The van der Waals surface area contributed by atoms with E-state index in [1.807, 2.05) is 0 Å². The van der Waals surface area contributed by atoms with Crippen molar-refractivity contribution in [2.45, 2.75) is 38.7 Å². The first kappa shape index (κ1) is 15.9. The minimum Gasteiger partial charge on any atom is -0.483 e. The molecule has 1 N–H and O–H groups in total. The van der Waals surface area contributed by atoms with E-state index in [2.05, 4.69) is 15.5 Å². The maximum absolute atomic E-state index is 13.5. The second-order valence-electron chi connectivity index (χ2n) is 5.54. The summed E-state index contributed by atoms with van der Waals surface area (Å²) in [6, 6.07) is 6.20. The summed E-state index contributed by atoms with van der Waals surface area (Å²) in [6.07, 6.45) is 5.30. The fourth-order valence-corrected chi connectivity index (χ4v) is 3.29. The molecule has 1 aromatic heterocycles. The van der Waals surface area contributed by atoms with Crippen LogP contribution in [0.2, 0.25) is 0 Å². The van der Waals surface area contributed by atoms with Gasteiger partial charge in [0, 0.05) is 5.92 Å². The van der Waals surface area contributed by atoms with Gasteiger partial charge in [0.05, 0.1) is 0 Å². The predicted octanol–water partition coefficient (Wildman–Crippen LogP) is 3.78. The Bertz CT molecular complexity index is 671. The van der Waals surface area contributed by atoms with Gasteiger partial charge >= 0.3 is 0 Å². The average Bonchev–Trinajstić information content (AvgIpc) is 3.02. The zero-order valence-electron chi connectivity index (χ0n) is 12.6. The van der Waals surface area contributed by atoms with Crippen molar-refractivity contribution < 1.29 is 13.9 Å². The van der Waals surface area contributed by atoms with Crippen LogP contribution in [-0.2, 0) is 11.4 Å². The van der Waals surface area contributed by atoms with Crippen molar-refractivity contribution >= 4 is 22.4 Å². The summed E-state index contributed by atoms with van der Waals surface area (Å²) in [5.74, 6) is -0.147. The molecule has 0 bridgehead atoms. The van der Waals surface area contributed by atoms with Gasteiger partial charge in [-0.2, -0.15) is 0 Å². The fourth-order valence-electron chi connectivity index (χ4n) is 2.64. The number of rotatable bonds is 5. The van der Waals surface area contributed by atoms with Gasteiger partial charge in [0.2, 0.25) is 11.0 Å². The molecule has 7 heteroatoms. The van der Waals surface area contributed by atoms with E-state index in [1.165, 1.54) is 23.8 Å². The third-order valence-electron chi connectivity index (χ3n) is 3.86. The minimum absolute atomic E-state index is 0.0161. The van der Waals surface area contributed by atoms with Crippen LogP contribution in [-0.4, -0.2) is 16.1 Å². The maximum atomic E-state index is 13.5. The van der Waals surface area contributed by atoms with E-state index in [4.69, 9.17) is 4.74 Å². The Morgan fingerprint density at radius 3 is 2.83 bits per heavy atom. The molecule has 1 aliphatic carbocycles. The van der Waals surface area contributed by atoms with E-state index in [0.717, 1.165) is 25.7 Å². The molecule has 0 aliphatic heterocycles. The molecule has 122 valence electrons. The number of carbonyl (C=O) groups excluding carboxylic acids is 1. The molecular formula is C16H18FN3O2S. The van der Waals surface area contributed by atoms with E-state index in [0.29, 0.717) is 10.1 Å². The van der Waals surface area contributed by atoms with Crippen molar-refractivity contribution in [2.24, 2.45) is 5.92 Å². The van der Waals surface area contributed by atoms with Crippen molar-refractivity contribution in [3.05, 3.63) is 35.1 Å². The minimum atomic E-state index is -0.414. The average molecular weight is 335 g/mol. The van der Waals surface area contributed by atoms with E-state index in [1.54, 1.807) is 18.2 Å². The van der Waals surface area contributed by atoms with E-state index in [-0.39, 0.29) is 24.2 Å². The topological polar surface area (TPSA) is 64.1 Å². The number of para-hydroxylation sites is 1. The molecule has 1 aromatic carbocycles. The first-order valence-corrected chi connectivity index (χ1v) is 8.54. The Labute approximate surface area is 137 Å². The largest absolute Gasteiger partial charge is 0.483 e. The van der Waals surface area contributed by atoms with Crippen molar-refractivity contribution in [1.29, 1.82) is 0 Å². The molecule has 0 unspecified atom stereocenters. The van der Waals surface area contributed by atoms with E-state index < -0.39 is 5.82 Å². The quantitative estimate of drug-likeness (QED) is 0.903. The lowest BCUT2D eigenvalue weighted by atomic mass is 9.89. The molecule has 0 radical (unpaired) electrons. The Balaban J connectivity index is 1.53. The second kappa shape index (κ2) is 7.50. The van der Waals surface area contributed by atoms with Gasteiger partial charge in [-0.3, -0.25) is 4.79 Å². The van der Waals surface area contributed by atoms with Crippen LogP contribution >= 0.6 is 11.3 Å². The van der Waals surface area contributed by atoms with Crippen LogP contribution in [0.25, 0.3) is 0 Å². The highest BCUT2D eigenvalue weighted by Gasteiger charge is 2.22. The highest BCUT2D eigenvalue weighted by molar-refractivity contribution is 7.15. The molecule has 1 heterocycles. The number of benzene rings is 1. The molecule has 1 aliphatic rings. The number of aromatic nitrogens is 2. The van der Waals surface area contributed by atoms with Gasteiger partial charge in [0.25, 0.3) is 0 Å². The van der Waals surface area contributed by atoms with Crippen molar-refractivity contribution in [3.63, 3.8) is 0 Å². The lowest BCUT2D eigenvalue weighted by Gasteiger charge is -2.19. The van der Waals surface area contributed by atoms with Crippen LogP contribution in [0.15, 0.2) is 24.3 Å². The van der Waals surface area contributed by atoms with Crippen molar-refractivity contribution in [3.8, 4) is 5.75 Å². The van der Waals surface area contributed by atoms with Gasteiger partial charge in [-0.1, -0.05) is 42.7 Å². The number of carbonyl (C=O) groups is 1. The van der Waals surface area contributed by atoms with Gasteiger partial charge in [0.1, 0.15) is 6.61 Å². The molecule has 0 saturated heterocycles. The second-order valence-corrected chi connectivity index (χ2v) is 6.61. The van der Waals surface area contributed by atoms with Crippen LogP contribution in [0.3, 0.4) is 0 Å². The third-order valence-corrected chi connectivity index (χ3v) is 4.67. The first-order valence-electron chi connectivity index (χ1n) is 7.73. The Morgan fingerprint density at radius 2 is 2.04 bits per heavy atom. The standard InChI is InChI=1S/C16H18FN3O2S/c17-12-8-4-5-9-13(12)22-10-14-19-20-16(23-14)18-15(21)11-6-2-1-3-7-11/h4-5,8-9,11H,1-3,6-7,10H2,(H,18,20,21). The van der Waals surface area contributed by atoms with E-state index >= 15 is 0 Å². The van der Waals surface area contributed by atoms with Crippen LogP contribution in [0.1, 0.15) is 37.1 Å². The molecular weight excluding hydrogens is 317 g/mol.